The number of aromatic nitrogens is 4. The topological polar surface area (TPSA) is 219 Å². The van der Waals surface area contributed by atoms with Crippen LogP contribution >= 0.6 is 0 Å². The Bertz CT molecular complexity index is 3150. The third-order valence-corrected chi connectivity index (χ3v) is 17.5. The number of ether oxygens (including phenoxy) is 2. The number of carbonyl (C=O) groups excluding carboxylic acids is 5. The van der Waals surface area contributed by atoms with E-state index in [2.05, 4.69) is 40.6 Å². The molecule has 5 aliphatic rings. The van der Waals surface area contributed by atoms with Crippen LogP contribution in [0.1, 0.15) is 114 Å². The molecule has 21 heteroatoms. The minimum Gasteiger partial charge on any atom is -0.480 e. The largest absolute Gasteiger partial charge is 0.480 e. The zero-order chi connectivity index (χ0) is 57.8. The van der Waals surface area contributed by atoms with Crippen molar-refractivity contribution in [1.29, 1.82) is 0 Å². The first kappa shape index (κ1) is 58.8. The van der Waals surface area contributed by atoms with Gasteiger partial charge in [0.05, 0.1) is 49.6 Å². The monoisotopic (exact) mass is 1140 g/mol. The van der Waals surface area contributed by atoms with E-state index in [1.165, 1.54) is 19.4 Å². The predicted molar refractivity (Wildman–Crippen MR) is 311 cm³/mol. The Balaban J connectivity index is 0.650. The average molecular weight is 1140 g/mol. The number of nitrogens with zero attached hydrogens (tertiary/aromatic N) is 9. The van der Waals surface area contributed by atoms with Gasteiger partial charge in [0, 0.05) is 102 Å². The summed E-state index contributed by atoms with van der Waals surface area (Å²) in [5, 5.41) is 14.4. The van der Waals surface area contributed by atoms with Crippen LogP contribution in [-0.2, 0) is 27.3 Å². The number of halogens is 1. The van der Waals surface area contributed by atoms with Crippen LogP contribution in [0.2, 0.25) is 0 Å². The highest BCUT2D eigenvalue weighted by molar-refractivity contribution is 5.98. The van der Waals surface area contributed by atoms with Crippen molar-refractivity contribution in [2.24, 2.45) is 11.8 Å². The number of hydrogen-bond acceptors (Lipinski definition) is 14. The van der Waals surface area contributed by atoms with Crippen LogP contribution in [-0.4, -0.2) is 197 Å². The van der Waals surface area contributed by atoms with E-state index in [1.807, 2.05) is 53.1 Å². The van der Waals surface area contributed by atoms with Crippen molar-refractivity contribution in [2.75, 3.05) is 112 Å². The molecule has 0 bridgehead atoms. The molecule has 6 heterocycles. The second-order valence-electron chi connectivity index (χ2n) is 22.9. The summed E-state index contributed by atoms with van der Waals surface area (Å²) in [6, 6.07) is 18.7. The minimum absolute atomic E-state index is 0.00141. The molecule has 5 amide bonds. The van der Waals surface area contributed by atoms with Crippen molar-refractivity contribution in [1.82, 2.24) is 60.2 Å². The molecule has 0 radical (unpaired) electrons. The third-order valence-electron chi connectivity index (χ3n) is 17.5. The Hall–Kier alpha value is -7.36. The van der Waals surface area contributed by atoms with E-state index in [4.69, 9.17) is 9.47 Å². The molecule has 3 aromatic carbocycles. The SMILES string of the molecule is CCOc1nc(OC)cnc1CNCC(=O)N1CCC[C@H](c2cccc(C(=O)NC(C(=O)N3CCN(CC4CCN(CC(=O)N5CCN(C(=O)c6cc(Cc7n[nH]c(=O)c8ccccc78)ccc6F)CC5)CC4)CC3)C3CCCCC3)c2)C1. The summed E-state index contributed by atoms with van der Waals surface area (Å²) in [5.41, 5.74) is 3.11. The molecule has 2 aromatic heterocycles. The lowest BCUT2D eigenvalue weighted by atomic mass is 9.83. The second-order valence-corrected chi connectivity index (χ2v) is 22.9. The molecule has 5 fully saturated rings. The van der Waals surface area contributed by atoms with E-state index in [0.29, 0.717) is 129 Å². The number of piperidine rings is 2. The number of hydrogen-bond donors (Lipinski definition) is 3. The molecular formula is C62H79FN12O8. The zero-order valence-corrected chi connectivity index (χ0v) is 48.0. The third kappa shape index (κ3) is 14.7. The lowest BCUT2D eigenvalue weighted by Gasteiger charge is -2.41. The first-order chi connectivity index (χ1) is 40.4. The Kier molecular flexibility index (Phi) is 19.7. The van der Waals surface area contributed by atoms with E-state index in [-0.39, 0.29) is 53.1 Å². The highest BCUT2D eigenvalue weighted by atomic mass is 19.1. The Labute approximate surface area is 484 Å². The number of nitrogens with one attached hydrogen (secondary N) is 3. The van der Waals surface area contributed by atoms with Gasteiger partial charge < -0.3 is 39.7 Å². The summed E-state index contributed by atoms with van der Waals surface area (Å²) in [5.74, 6) is 0.0844. The molecule has 1 saturated carbocycles. The maximum absolute atomic E-state index is 15.2. The number of methoxy groups -OCH3 is 1. The molecule has 5 aromatic rings. The Morgan fingerprint density at radius 2 is 1.49 bits per heavy atom. The van der Waals surface area contributed by atoms with Crippen molar-refractivity contribution in [3.05, 3.63) is 123 Å². The van der Waals surface area contributed by atoms with Crippen molar-refractivity contribution < 1.29 is 37.8 Å². The average Bonchev–Trinajstić information content (AvgIpc) is 3.61. The minimum atomic E-state index is -0.611. The fourth-order valence-electron chi connectivity index (χ4n) is 12.7. The molecule has 442 valence electrons. The number of fused-ring (bicyclic) bond motifs is 1. The number of piperazine rings is 2. The first-order valence-electron chi connectivity index (χ1n) is 29.9. The highest BCUT2D eigenvalue weighted by Crippen LogP contribution is 2.31. The first-order valence-corrected chi connectivity index (χ1v) is 29.9. The van der Waals surface area contributed by atoms with E-state index < -0.39 is 17.8 Å². The molecule has 20 nitrogen and oxygen atoms in total. The molecule has 0 spiro atoms. The van der Waals surface area contributed by atoms with E-state index in [9.17, 15) is 28.8 Å². The maximum atomic E-state index is 15.2. The molecule has 2 atom stereocenters. The number of aromatic amines is 1. The standard InChI is InChI=1S/C62H79FN12O8/c1-3-83-60-53(65-37-54(66-60)82-2)36-64-38-55(76)75-22-10-15-47(40-75)45-13-9-14-46(35-45)58(78)67-57(44-11-5-4-6-12-44)62(81)74-27-25-71(26-28-74)39-42-20-23-70(24-21-42)41-56(77)72-29-31-73(32-30-72)61(80)50-33-43(18-19-51(50)63)34-52-48-16-7-8-17-49(48)59(79)69-68-52/h7-9,13-14,16-19,33,35,37,42,44,47,57,64H,3-6,10-12,15,20-32,34,36,38-41H2,1-2H3,(H,67,78)(H,69,79)/t47-,57?/m0/s1. The van der Waals surface area contributed by atoms with Crippen molar-refractivity contribution >= 4 is 40.3 Å². The summed E-state index contributed by atoms with van der Waals surface area (Å²) in [6.45, 7) is 10.9. The molecule has 4 saturated heterocycles. The lowest BCUT2D eigenvalue weighted by molar-refractivity contribution is -0.137. The fourth-order valence-corrected chi connectivity index (χ4v) is 12.7. The molecule has 83 heavy (non-hydrogen) atoms. The van der Waals surface area contributed by atoms with Gasteiger partial charge in [-0.1, -0.05) is 55.7 Å². The summed E-state index contributed by atoms with van der Waals surface area (Å²) in [6.07, 6.45) is 10.5. The normalized spacial score (nSPS) is 19.1. The van der Waals surface area contributed by atoms with Crippen LogP contribution in [0.3, 0.4) is 0 Å². The van der Waals surface area contributed by atoms with Gasteiger partial charge in [0.2, 0.25) is 29.5 Å². The molecule has 3 N–H and O–H groups in total. The summed E-state index contributed by atoms with van der Waals surface area (Å²) in [7, 11) is 1.52. The van der Waals surface area contributed by atoms with Gasteiger partial charge in [-0.05, 0) is 112 Å². The lowest BCUT2D eigenvalue weighted by Crippen LogP contribution is -2.57. The van der Waals surface area contributed by atoms with Gasteiger partial charge in [-0.15, -0.1) is 0 Å². The number of likely N-dealkylation sites (tertiary alicyclic amines) is 2. The Morgan fingerprint density at radius 1 is 0.747 bits per heavy atom. The van der Waals surface area contributed by atoms with Crippen molar-refractivity contribution in [3.8, 4) is 11.8 Å². The van der Waals surface area contributed by atoms with Gasteiger partial charge in [0.1, 0.15) is 17.6 Å². The Morgan fingerprint density at radius 3 is 2.25 bits per heavy atom. The van der Waals surface area contributed by atoms with E-state index >= 15 is 4.39 Å². The van der Waals surface area contributed by atoms with E-state index in [1.54, 1.807) is 34.1 Å². The quantitative estimate of drug-likeness (QED) is 0.101. The van der Waals surface area contributed by atoms with Gasteiger partial charge in [-0.2, -0.15) is 10.1 Å². The number of H-pyrrole nitrogens is 1. The second kappa shape index (κ2) is 27.8. The van der Waals surface area contributed by atoms with Crippen LogP contribution in [0.4, 0.5) is 4.39 Å². The number of benzene rings is 3. The summed E-state index contributed by atoms with van der Waals surface area (Å²) >= 11 is 0. The smallest absolute Gasteiger partial charge is 0.272 e. The molecular weight excluding hydrogens is 1060 g/mol. The highest BCUT2D eigenvalue weighted by Gasteiger charge is 2.37. The maximum Gasteiger partial charge on any atom is 0.272 e. The van der Waals surface area contributed by atoms with E-state index in [0.717, 1.165) is 96.1 Å². The molecule has 1 unspecified atom stereocenters. The fraction of sp³-hybridized carbons (Fsp3) is 0.532. The van der Waals surface area contributed by atoms with Crippen LogP contribution in [0, 0.1) is 17.7 Å². The molecule has 4 aliphatic heterocycles. The van der Waals surface area contributed by atoms with Crippen LogP contribution < -0.4 is 25.7 Å². The van der Waals surface area contributed by atoms with Crippen molar-refractivity contribution in [2.45, 2.75) is 89.6 Å². The summed E-state index contributed by atoms with van der Waals surface area (Å²) in [4.78, 5) is 102. The summed E-state index contributed by atoms with van der Waals surface area (Å²) < 4.78 is 26.0. The van der Waals surface area contributed by atoms with Gasteiger partial charge >= 0.3 is 0 Å². The van der Waals surface area contributed by atoms with Crippen LogP contribution in [0.5, 0.6) is 11.8 Å². The van der Waals surface area contributed by atoms with Crippen LogP contribution in [0.25, 0.3) is 10.8 Å². The van der Waals surface area contributed by atoms with Gasteiger partial charge in [0.25, 0.3) is 17.4 Å². The predicted octanol–water partition coefficient (Wildman–Crippen LogP) is 4.87. The molecule has 10 rings (SSSR count). The number of rotatable bonds is 19. The van der Waals surface area contributed by atoms with Crippen molar-refractivity contribution in [3.63, 3.8) is 0 Å². The van der Waals surface area contributed by atoms with Gasteiger partial charge in [0.15, 0.2) is 0 Å². The van der Waals surface area contributed by atoms with Crippen LogP contribution in [0.15, 0.2) is 77.7 Å². The number of amides is 5. The number of carbonyl (C=O) groups is 5. The van der Waals surface area contributed by atoms with Gasteiger partial charge in [-0.25, -0.2) is 14.5 Å². The van der Waals surface area contributed by atoms with Gasteiger partial charge in [-0.3, -0.25) is 38.6 Å². The molecule has 1 aliphatic carbocycles. The zero-order valence-electron chi connectivity index (χ0n) is 48.0.